The third-order valence-electron chi connectivity index (χ3n) is 5.37. The van der Waals surface area contributed by atoms with Crippen molar-refractivity contribution >= 4 is 31.4 Å². The predicted molar refractivity (Wildman–Crippen MR) is 134 cm³/mol. The van der Waals surface area contributed by atoms with Gasteiger partial charge >= 0.3 is 0 Å². The summed E-state index contributed by atoms with van der Waals surface area (Å²) in [5.74, 6) is 0. The molecule has 0 aliphatic heterocycles. The van der Waals surface area contributed by atoms with Gasteiger partial charge in [0.25, 0.3) is 20.0 Å². The molecular formula is C25H25N3O4S2. The van der Waals surface area contributed by atoms with Crippen LogP contribution >= 0.6 is 0 Å². The molecule has 176 valence electrons. The summed E-state index contributed by atoms with van der Waals surface area (Å²) in [5.41, 5.74) is 3.81. The first-order valence-electron chi connectivity index (χ1n) is 10.5. The molecule has 0 aliphatic rings. The third-order valence-corrected chi connectivity index (χ3v) is 8.13. The Morgan fingerprint density at radius 3 is 1.41 bits per heavy atom. The second-order valence-electron chi connectivity index (χ2n) is 8.12. The molecule has 0 amide bonds. The highest BCUT2D eigenvalue weighted by atomic mass is 32.2. The van der Waals surface area contributed by atoms with Crippen molar-refractivity contribution in [2.75, 3.05) is 9.44 Å². The van der Waals surface area contributed by atoms with Crippen LogP contribution in [-0.2, 0) is 20.0 Å². The molecule has 0 aliphatic carbocycles. The average Bonchev–Trinajstić information content (AvgIpc) is 3.15. The van der Waals surface area contributed by atoms with E-state index in [9.17, 15) is 16.8 Å². The number of nitrogens with one attached hydrogen (secondary N) is 2. The first-order chi connectivity index (χ1) is 16.0. The maximum Gasteiger partial charge on any atom is 0.262 e. The molecule has 34 heavy (non-hydrogen) atoms. The van der Waals surface area contributed by atoms with Gasteiger partial charge in [-0.1, -0.05) is 53.6 Å². The van der Waals surface area contributed by atoms with Gasteiger partial charge in [-0.15, -0.1) is 0 Å². The molecule has 9 heteroatoms. The Hall–Kier alpha value is -3.56. The van der Waals surface area contributed by atoms with E-state index in [1.165, 1.54) is 24.3 Å². The molecule has 4 aromatic rings. The molecule has 2 N–H and O–H groups in total. The summed E-state index contributed by atoms with van der Waals surface area (Å²) in [5, 5.41) is 0. The number of rotatable bonds is 7. The normalized spacial score (nSPS) is 11.9. The highest BCUT2D eigenvalue weighted by Gasteiger charge is 2.22. The van der Waals surface area contributed by atoms with E-state index in [0.717, 1.165) is 22.4 Å². The monoisotopic (exact) mass is 495 g/mol. The van der Waals surface area contributed by atoms with Crippen LogP contribution in [0.2, 0.25) is 0 Å². The van der Waals surface area contributed by atoms with Crippen molar-refractivity contribution in [1.82, 2.24) is 4.57 Å². The van der Waals surface area contributed by atoms with E-state index in [2.05, 4.69) is 9.44 Å². The van der Waals surface area contributed by atoms with Crippen molar-refractivity contribution in [1.29, 1.82) is 0 Å². The zero-order chi connectivity index (χ0) is 24.5. The van der Waals surface area contributed by atoms with E-state index in [1.807, 2.05) is 45.0 Å². The number of aryl methyl sites for hydroxylation is 3. The molecule has 4 rings (SSSR count). The number of hydrogen-bond acceptors (Lipinski definition) is 4. The summed E-state index contributed by atoms with van der Waals surface area (Å²) in [6, 6.07) is 20.4. The zero-order valence-electron chi connectivity index (χ0n) is 19.0. The minimum atomic E-state index is -3.96. The van der Waals surface area contributed by atoms with Crippen molar-refractivity contribution in [3.63, 3.8) is 0 Å². The standard InChI is InChI=1S/C25H25N3O4S2/c1-18-8-12-21(13-9-18)33(29,30)26-23-16-28(25-7-5-4-6-20(25)3)17-24(23)27-34(31,32)22-14-10-19(2)11-15-22/h4-17,26-27H,1-3H3. The third kappa shape index (κ3) is 5.00. The zero-order valence-corrected chi connectivity index (χ0v) is 20.6. The summed E-state index contributed by atoms with van der Waals surface area (Å²) in [4.78, 5) is 0.156. The smallest absolute Gasteiger partial charge is 0.262 e. The number of hydrogen-bond donors (Lipinski definition) is 2. The van der Waals surface area contributed by atoms with Gasteiger partial charge in [-0.2, -0.15) is 0 Å². The Kier molecular flexibility index (Phi) is 6.24. The molecule has 3 aromatic carbocycles. The molecule has 0 unspecified atom stereocenters. The van der Waals surface area contributed by atoms with Gasteiger partial charge in [0.2, 0.25) is 0 Å². The fourth-order valence-corrected chi connectivity index (χ4v) is 5.58. The molecule has 1 aromatic heterocycles. The van der Waals surface area contributed by atoms with E-state index in [-0.39, 0.29) is 21.2 Å². The molecule has 0 fully saturated rings. The van der Waals surface area contributed by atoms with Gasteiger partial charge in [-0.3, -0.25) is 9.44 Å². The minimum Gasteiger partial charge on any atom is -0.319 e. The average molecular weight is 496 g/mol. The number of sulfonamides is 2. The lowest BCUT2D eigenvalue weighted by atomic mass is 10.2. The van der Waals surface area contributed by atoms with Crippen LogP contribution in [0.1, 0.15) is 16.7 Å². The molecule has 0 spiro atoms. The number of anilines is 2. The molecular weight excluding hydrogens is 470 g/mol. The molecule has 0 radical (unpaired) electrons. The van der Waals surface area contributed by atoms with Gasteiger partial charge in [0.05, 0.1) is 21.2 Å². The largest absolute Gasteiger partial charge is 0.319 e. The van der Waals surface area contributed by atoms with Crippen LogP contribution in [0.4, 0.5) is 11.4 Å². The van der Waals surface area contributed by atoms with Gasteiger partial charge in [0.15, 0.2) is 0 Å². The number of aromatic nitrogens is 1. The van der Waals surface area contributed by atoms with Crippen LogP contribution in [0, 0.1) is 20.8 Å². The maximum absolute atomic E-state index is 13.1. The maximum atomic E-state index is 13.1. The summed E-state index contributed by atoms with van der Waals surface area (Å²) in [7, 11) is -7.91. The van der Waals surface area contributed by atoms with Crippen molar-refractivity contribution in [2.24, 2.45) is 0 Å². The fourth-order valence-electron chi connectivity index (χ4n) is 3.45. The Labute approximate surface area is 200 Å². The molecule has 7 nitrogen and oxygen atoms in total. The van der Waals surface area contributed by atoms with E-state index in [1.54, 1.807) is 41.2 Å². The molecule has 0 saturated carbocycles. The van der Waals surface area contributed by atoms with Gasteiger partial charge < -0.3 is 4.57 Å². The SMILES string of the molecule is Cc1ccc(S(=O)(=O)Nc2cn(-c3ccccc3C)cc2NS(=O)(=O)c2ccc(C)cc2)cc1. The van der Waals surface area contributed by atoms with Crippen LogP contribution < -0.4 is 9.44 Å². The first kappa shape index (κ1) is 23.6. The number of nitrogens with zero attached hydrogens (tertiary/aromatic N) is 1. The summed E-state index contributed by atoms with van der Waals surface area (Å²) < 4.78 is 59.0. The lowest BCUT2D eigenvalue weighted by Crippen LogP contribution is -2.16. The molecule has 0 saturated heterocycles. The second-order valence-corrected chi connectivity index (χ2v) is 11.5. The fraction of sp³-hybridized carbons (Fsp3) is 0.120. The summed E-state index contributed by atoms with van der Waals surface area (Å²) >= 11 is 0. The molecule has 0 bridgehead atoms. The molecule has 0 atom stereocenters. The lowest BCUT2D eigenvalue weighted by Gasteiger charge is -2.11. The van der Waals surface area contributed by atoms with E-state index in [0.29, 0.717) is 0 Å². The Balaban J connectivity index is 1.77. The van der Waals surface area contributed by atoms with Crippen LogP contribution in [0.3, 0.4) is 0 Å². The van der Waals surface area contributed by atoms with Crippen LogP contribution in [0.5, 0.6) is 0 Å². The number of benzene rings is 3. The van der Waals surface area contributed by atoms with Crippen molar-refractivity contribution < 1.29 is 16.8 Å². The van der Waals surface area contributed by atoms with Gasteiger partial charge in [0, 0.05) is 18.1 Å². The lowest BCUT2D eigenvalue weighted by molar-refractivity contribution is 0.599. The van der Waals surface area contributed by atoms with E-state index in [4.69, 9.17) is 0 Å². The highest BCUT2D eigenvalue weighted by molar-refractivity contribution is 7.93. The Morgan fingerprint density at radius 1 is 0.588 bits per heavy atom. The first-order valence-corrected chi connectivity index (χ1v) is 13.5. The van der Waals surface area contributed by atoms with Gasteiger partial charge in [0.1, 0.15) is 0 Å². The quantitative estimate of drug-likeness (QED) is 0.377. The predicted octanol–water partition coefficient (Wildman–Crippen LogP) is 5.00. The summed E-state index contributed by atoms with van der Waals surface area (Å²) in [6.45, 7) is 5.65. The van der Waals surface area contributed by atoms with Crippen molar-refractivity contribution in [2.45, 2.75) is 30.6 Å². The highest BCUT2D eigenvalue weighted by Crippen LogP contribution is 2.31. The van der Waals surface area contributed by atoms with Crippen LogP contribution in [0.25, 0.3) is 5.69 Å². The van der Waals surface area contributed by atoms with Gasteiger partial charge in [-0.25, -0.2) is 16.8 Å². The van der Waals surface area contributed by atoms with Gasteiger partial charge in [-0.05, 0) is 56.7 Å². The van der Waals surface area contributed by atoms with Crippen molar-refractivity contribution in [3.8, 4) is 5.69 Å². The minimum absolute atomic E-state index is 0.0779. The van der Waals surface area contributed by atoms with E-state index < -0.39 is 20.0 Å². The molecule has 1 heterocycles. The van der Waals surface area contributed by atoms with E-state index >= 15 is 0 Å². The topological polar surface area (TPSA) is 97.3 Å². The van der Waals surface area contributed by atoms with Crippen LogP contribution in [0.15, 0.2) is 95.0 Å². The Bertz CT molecular complexity index is 1440. The summed E-state index contributed by atoms with van der Waals surface area (Å²) in [6.07, 6.45) is 3.11. The number of para-hydroxylation sites is 1. The Morgan fingerprint density at radius 2 is 1.00 bits per heavy atom. The van der Waals surface area contributed by atoms with Crippen LogP contribution in [-0.4, -0.2) is 21.4 Å². The second kappa shape index (κ2) is 9.00. The van der Waals surface area contributed by atoms with Crippen molar-refractivity contribution in [3.05, 3.63) is 102 Å².